The zero-order valence-electron chi connectivity index (χ0n) is 13.5. The molecule has 4 heteroatoms. The Morgan fingerprint density at radius 1 is 1.14 bits per heavy atom. The maximum Gasteiger partial charge on any atom is 0.176 e. The van der Waals surface area contributed by atoms with Gasteiger partial charge in [0, 0.05) is 44.8 Å². The number of piperazine rings is 1. The van der Waals surface area contributed by atoms with Gasteiger partial charge in [-0.05, 0) is 27.1 Å². The molecule has 0 bridgehead atoms. The largest absolute Gasteiger partial charge is 0.308 e. The average molecular weight is 289 g/mol. The standard InChI is InChI=1S/C17H27N3O/c1-15-5-4-6-16(13-15)17(21)14-20-11-9-19(10-12-20)8-7-18(2)3/h4-6,13H,7-12,14H2,1-3H3. The lowest BCUT2D eigenvalue weighted by Gasteiger charge is -2.34. The van der Waals surface area contributed by atoms with Crippen LogP contribution in [0.3, 0.4) is 0 Å². The van der Waals surface area contributed by atoms with Gasteiger partial charge in [-0.2, -0.15) is 0 Å². The van der Waals surface area contributed by atoms with Crippen molar-refractivity contribution in [3.8, 4) is 0 Å². The Hall–Kier alpha value is -1.23. The number of rotatable bonds is 6. The van der Waals surface area contributed by atoms with Crippen molar-refractivity contribution < 1.29 is 4.79 Å². The van der Waals surface area contributed by atoms with E-state index in [9.17, 15) is 4.79 Å². The Bertz CT molecular complexity index is 465. The molecule has 0 N–H and O–H groups in total. The normalized spacial score (nSPS) is 17.3. The van der Waals surface area contributed by atoms with Gasteiger partial charge in [-0.15, -0.1) is 0 Å². The third-order valence-corrected chi connectivity index (χ3v) is 4.04. The summed E-state index contributed by atoms with van der Waals surface area (Å²) in [6.45, 7) is 8.90. The topological polar surface area (TPSA) is 26.8 Å². The quantitative estimate of drug-likeness (QED) is 0.739. The van der Waals surface area contributed by atoms with Crippen LogP contribution >= 0.6 is 0 Å². The maximum absolute atomic E-state index is 12.3. The number of benzene rings is 1. The lowest BCUT2D eigenvalue weighted by molar-refractivity contribution is 0.0844. The number of hydrogen-bond acceptors (Lipinski definition) is 4. The minimum atomic E-state index is 0.237. The fourth-order valence-electron chi connectivity index (χ4n) is 2.63. The minimum absolute atomic E-state index is 0.237. The predicted octanol–water partition coefficient (Wildman–Crippen LogP) is 1.36. The highest BCUT2D eigenvalue weighted by molar-refractivity contribution is 5.97. The Labute approximate surface area is 128 Å². The molecule has 0 unspecified atom stereocenters. The molecule has 2 rings (SSSR count). The van der Waals surface area contributed by atoms with Crippen LogP contribution in [0.1, 0.15) is 15.9 Å². The molecule has 0 spiro atoms. The van der Waals surface area contributed by atoms with E-state index >= 15 is 0 Å². The maximum atomic E-state index is 12.3. The van der Waals surface area contributed by atoms with Crippen LogP contribution in [0.25, 0.3) is 0 Å². The lowest BCUT2D eigenvalue weighted by atomic mass is 10.1. The van der Waals surface area contributed by atoms with Gasteiger partial charge in [0.15, 0.2) is 5.78 Å². The van der Waals surface area contributed by atoms with Gasteiger partial charge in [-0.3, -0.25) is 14.6 Å². The molecular weight excluding hydrogens is 262 g/mol. The van der Waals surface area contributed by atoms with Crippen LogP contribution in [0.4, 0.5) is 0 Å². The summed E-state index contributed by atoms with van der Waals surface area (Å²) in [7, 11) is 4.22. The second-order valence-electron chi connectivity index (χ2n) is 6.21. The van der Waals surface area contributed by atoms with Crippen LogP contribution in [-0.2, 0) is 0 Å². The monoisotopic (exact) mass is 289 g/mol. The molecule has 1 aromatic carbocycles. The Morgan fingerprint density at radius 2 is 1.81 bits per heavy atom. The van der Waals surface area contributed by atoms with Crippen molar-refractivity contribution >= 4 is 5.78 Å². The zero-order chi connectivity index (χ0) is 15.2. The molecule has 1 aromatic rings. The number of nitrogens with zero attached hydrogens (tertiary/aromatic N) is 3. The molecule has 1 saturated heterocycles. The number of ketones is 1. The minimum Gasteiger partial charge on any atom is -0.308 e. The van der Waals surface area contributed by atoms with Crippen molar-refractivity contribution in [3.05, 3.63) is 35.4 Å². The fraction of sp³-hybridized carbons (Fsp3) is 0.588. The molecule has 0 aliphatic carbocycles. The second-order valence-corrected chi connectivity index (χ2v) is 6.21. The van der Waals surface area contributed by atoms with E-state index in [0.29, 0.717) is 6.54 Å². The van der Waals surface area contributed by atoms with Crippen molar-refractivity contribution in [3.63, 3.8) is 0 Å². The van der Waals surface area contributed by atoms with Crippen molar-refractivity contribution in [2.45, 2.75) is 6.92 Å². The summed E-state index contributed by atoms with van der Waals surface area (Å²) in [5.41, 5.74) is 1.99. The van der Waals surface area contributed by atoms with E-state index in [2.05, 4.69) is 28.8 Å². The van der Waals surface area contributed by atoms with Crippen LogP contribution in [-0.4, -0.2) is 80.4 Å². The van der Waals surface area contributed by atoms with E-state index in [1.165, 1.54) is 0 Å². The van der Waals surface area contributed by atoms with Gasteiger partial charge < -0.3 is 4.90 Å². The van der Waals surface area contributed by atoms with Crippen LogP contribution in [0, 0.1) is 6.92 Å². The third kappa shape index (κ3) is 5.23. The molecule has 0 amide bonds. The molecule has 0 atom stereocenters. The first-order valence-electron chi connectivity index (χ1n) is 7.74. The first kappa shape index (κ1) is 16.1. The van der Waals surface area contributed by atoms with Gasteiger partial charge >= 0.3 is 0 Å². The SMILES string of the molecule is Cc1cccc(C(=O)CN2CCN(CCN(C)C)CC2)c1. The highest BCUT2D eigenvalue weighted by Crippen LogP contribution is 2.08. The summed E-state index contributed by atoms with van der Waals surface area (Å²) in [5.74, 6) is 0.237. The van der Waals surface area contributed by atoms with E-state index in [0.717, 1.165) is 50.4 Å². The Morgan fingerprint density at radius 3 is 2.43 bits per heavy atom. The van der Waals surface area contributed by atoms with Gasteiger partial charge in [0.2, 0.25) is 0 Å². The summed E-state index contributed by atoms with van der Waals surface area (Å²) in [6, 6.07) is 7.89. The van der Waals surface area contributed by atoms with Crippen LogP contribution < -0.4 is 0 Å². The van der Waals surface area contributed by atoms with Crippen LogP contribution in [0.15, 0.2) is 24.3 Å². The van der Waals surface area contributed by atoms with Crippen molar-refractivity contribution in [1.29, 1.82) is 0 Å². The van der Waals surface area contributed by atoms with E-state index in [1.54, 1.807) is 0 Å². The van der Waals surface area contributed by atoms with Gasteiger partial charge in [0.1, 0.15) is 0 Å². The van der Waals surface area contributed by atoms with Crippen molar-refractivity contribution in [2.75, 3.05) is 59.9 Å². The predicted molar refractivity (Wildman–Crippen MR) is 86.9 cm³/mol. The van der Waals surface area contributed by atoms with Gasteiger partial charge in [-0.25, -0.2) is 0 Å². The number of hydrogen-bond donors (Lipinski definition) is 0. The number of likely N-dealkylation sites (N-methyl/N-ethyl adjacent to an activating group) is 1. The molecule has 21 heavy (non-hydrogen) atoms. The first-order valence-corrected chi connectivity index (χ1v) is 7.74. The highest BCUT2D eigenvalue weighted by atomic mass is 16.1. The Kier molecular flexibility index (Phi) is 5.91. The summed E-state index contributed by atoms with van der Waals surface area (Å²) in [6.07, 6.45) is 0. The molecule has 4 nitrogen and oxygen atoms in total. The molecule has 1 heterocycles. The second kappa shape index (κ2) is 7.69. The molecular formula is C17H27N3O. The smallest absolute Gasteiger partial charge is 0.176 e. The lowest BCUT2D eigenvalue weighted by Crippen LogP contribution is -2.49. The van der Waals surface area contributed by atoms with E-state index < -0.39 is 0 Å². The van der Waals surface area contributed by atoms with Crippen molar-refractivity contribution in [2.24, 2.45) is 0 Å². The van der Waals surface area contributed by atoms with E-state index in [-0.39, 0.29) is 5.78 Å². The first-order chi connectivity index (χ1) is 10.0. The van der Waals surface area contributed by atoms with Gasteiger partial charge in [0.25, 0.3) is 0 Å². The average Bonchev–Trinajstić information content (AvgIpc) is 2.46. The molecule has 1 aliphatic heterocycles. The summed E-state index contributed by atoms with van der Waals surface area (Å²) >= 11 is 0. The molecule has 116 valence electrons. The summed E-state index contributed by atoms with van der Waals surface area (Å²) in [5, 5.41) is 0. The molecule has 1 fully saturated rings. The van der Waals surface area contributed by atoms with E-state index in [1.807, 2.05) is 31.2 Å². The molecule has 0 saturated carbocycles. The van der Waals surface area contributed by atoms with Crippen LogP contribution in [0.2, 0.25) is 0 Å². The zero-order valence-corrected chi connectivity index (χ0v) is 13.5. The summed E-state index contributed by atoms with van der Waals surface area (Å²) in [4.78, 5) is 19.3. The number of carbonyl (C=O) groups is 1. The van der Waals surface area contributed by atoms with Gasteiger partial charge in [0.05, 0.1) is 6.54 Å². The molecule has 0 radical (unpaired) electrons. The fourth-order valence-corrected chi connectivity index (χ4v) is 2.63. The van der Waals surface area contributed by atoms with Gasteiger partial charge in [-0.1, -0.05) is 23.8 Å². The summed E-state index contributed by atoms with van der Waals surface area (Å²) < 4.78 is 0. The van der Waals surface area contributed by atoms with E-state index in [4.69, 9.17) is 0 Å². The van der Waals surface area contributed by atoms with Crippen molar-refractivity contribution in [1.82, 2.24) is 14.7 Å². The number of aryl methyl sites for hydroxylation is 1. The number of Topliss-reactive ketones (excluding diaryl/α,β-unsaturated/α-hetero) is 1. The third-order valence-electron chi connectivity index (χ3n) is 4.04. The number of carbonyl (C=O) groups excluding carboxylic acids is 1. The molecule has 1 aliphatic rings. The molecule has 0 aromatic heterocycles. The highest BCUT2D eigenvalue weighted by Gasteiger charge is 2.19. The Balaban J connectivity index is 1.77. The van der Waals surface area contributed by atoms with Crippen LogP contribution in [0.5, 0.6) is 0 Å².